The molecular weight excluding hydrogens is 256 g/mol. The van der Waals surface area contributed by atoms with Gasteiger partial charge in [-0.3, -0.25) is 9.78 Å². The van der Waals surface area contributed by atoms with E-state index < -0.39 is 12.0 Å². The summed E-state index contributed by atoms with van der Waals surface area (Å²) in [4.78, 5) is 28.0. The Morgan fingerprint density at radius 3 is 2.75 bits per heavy atom. The fourth-order valence-corrected chi connectivity index (χ4v) is 1.99. The Morgan fingerprint density at radius 1 is 1.30 bits per heavy atom. The number of nitrogens with zero attached hydrogens (tertiary/aromatic N) is 1. The third-order valence-corrected chi connectivity index (χ3v) is 3.08. The van der Waals surface area contributed by atoms with Crippen LogP contribution in [-0.4, -0.2) is 30.0 Å². The molecule has 0 fully saturated rings. The molecule has 1 atom stereocenters. The zero-order valence-corrected chi connectivity index (χ0v) is 11.4. The van der Waals surface area contributed by atoms with Crippen LogP contribution >= 0.6 is 0 Å². The first kappa shape index (κ1) is 14.0. The second-order valence-corrected chi connectivity index (χ2v) is 4.34. The van der Waals surface area contributed by atoms with Crippen LogP contribution in [0.3, 0.4) is 0 Å². The number of ether oxygens (including phenoxy) is 1. The molecule has 1 aromatic carbocycles. The van der Waals surface area contributed by atoms with Crippen molar-refractivity contribution in [3.63, 3.8) is 0 Å². The molecule has 0 aliphatic heterocycles. The maximum absolute atomic E-state index is 12.3. The number of aromatic nitrogens is 1. The van der Waals surface area contributed by atoms with E-state index in [1.54, 1.807) is 18.3 Å². The second kappa shape index (κ2) is 6.14. The molecule has 0 saturated heterocycles. The van der Waals surface area contributed by atoms with Crippen LogP contribution in [0.15, 0.2) is 36.5 Å². The lowest BCUT2D eigenvalue weighted by atomic mass is 10.1. The number of esters is 1. The molecule has 1 N–H and O–H groups in total. The van der Waals surface area contributed by atoms with Crippen molar-refractivity contribution in [2.24, 2.45) is 0 Å². The predicted octanol–water partition coefficient (Wildman–Crippen LogP) is 1.92. The van der Waals surface area contributed by atoms with Gasteiger partial charge in [0.25, 0.3) is 5.91 Å². The van der Waals surface area contributed by atoms with Gasteiger partial charge in [-0.1, -0.05) is 25.1 Å². The second-order valence-electron chi connectivity index (χ2n) is 4.34. The highest BCUT2D eigenvalue weighted by Crippen LogP contribution is 2.16. The number of hydrogen-bond acceptors (Lipinski definition) is 4. The summed E-state index contributed by atoms with van der Waals surface area (Å²) in [7, 11) is 1.30. The topological polar surface area (TPSA) is 68.3 Å². The average molecular weight is 272 g/mol. The van der Waals surface area contributed by atoms with E-state index in [1.165, 1.54) is 7.11 Å². The van der Waals surface area contributed by atoms with Crippen molar-refractivity contribution in [2.45, 2.75) is 19.4 Å². The van der Waals surface area contributed by atoms with Crippen molar-refractivity contribution in [3.05, 3.63) is 42.1 Å². The van der Waals surface area contributed by atoms with Crippen LogP contribution in [0.4, 0.5) is 0 Å². The molecule has 0 saturated carbocycles. The van der Waals surface area contributed by atoms with Crippen LogP contribution in [0.25, 0.3) is 10.9 Å². The van der Waals surface area contributed by atoms with Gasteiger partial charge in [-0.15, -0.1) is 0 Å². The van der Waals surface area contributed by atoms with E-state index in [0.717, 1.165) is 5.39 Å². The smallest absolute Gasteiger partial charge is 0.328 e. The van der Waals surface area contributed by atoms with Crippen molar-refractivity contribution in [1.29, 1.82) is 0 Å². The minimum Gasteiger partial charge on any atom is -0.467 e. The molecule has 2 aromatic rings. The highest BCUT2D eigenvalue weighted by atomic mass is 16.5. The van der Waals surface area contributed by atoms with Crippen molar-refractivity contribution in [2.75, 3.05) is 7.11 Å². The highest BCUT2D eigenvalue weighted by Gasteiger charge is 2.21. The average Bonchev–Trinajstić information content (AvgIpc) is 2.51. The van der Waals surface area contributed by atoms with E-state index in [4.69, 9.17) is 0 Å². The van der Waals surface area contributed by atoms with Crippen LogP contribution in [-0.2, 0) is 9.53 Å². The van der Waals surface area contributed by atoms with Gasteiger partial charge in [-0.2, -0.15) is 0 Å². The van der Waals surface area contributed by atoms with Gasteiger partial charge in [0.1, 0.15) is 6.04 Å². The summed E-state index contributed by atoms with van der Waals surface area (Å²) >= 11 is 0. The fraction of sp³-hybridized carbons (Fsp3) is 0.267. The number of rotatable bonds is 4. The van der Waals surface area contributed by atoms with Crippen molar-refractivity contribution >= 4 is 22.8 Å². The molecule has 0 aliphatic rings. The van der Waals surface area contributed by atoms with Gasteiger partial charge in [0, 0.05) is 11.6 Å². The van der Waals surface area contributed by atoms with E-state index in [2.05, 4.69) is 15.0 Å². The first-order valence-electron chi connectivity index (χ1n) is 6.39. The predicted molar refractivity (Wildman–Crippen MR) is 75.3 cm³/mol. The molecule has 5 nitrogen and oxygen atoms in total. The number of fused-ring (bicyclic) bond motifs is 1. The van der Waals surface area contributed by atoms with Crippen molar-refractivity contribution in [3.8, 4) is 0 Å². The van der Waals surface area contributed by atoms with Crippen LogP contribution < -0.4 is 5.32 Å². The monoisotopic (exact) mass is 272 g/mol. The first-order valence-corrected chi connectivity index (χ1v) is 6.39. The summed E-state index contributed by atoms with van der Waals surface area (Å²) in [5, 5.41) is 3.55. The number of pyridine rings is 1. The SMILES string of the molecule is CC[C@H](NC(=O)c1cccc2cccnc12)C(=O)OC. The maximum Gasteiger partial charge on any atom is 0.328 e. The first-order chi connectivity index (χ1) is 9.67. The number of carbonyl (C=O) groups excluding carboxylic acids is 2. The van der Waals surface area contributed by atoms with Gasteiger partial charge in [0.2, 0.25) is 0 Å². The van der Waals surface area contributed by atoms with Crippen LogP contribution in [0.5, 0.6) is 0 Å². The van der Waals surface area contributed by atoms with Crippen molar-refractivity contribution < 1.29 is 14.3 Å². The fourth-order valence-electron chi connectivity index (χ4n) is 1.99. The minimum absolute atomic E-state index is 0.327. The van der Waals surface area contributed by atoms with E-state index in [9.17, 15) is 9.59 Å². The summed E-state index contributed by atoms with van der Waals surface area (Å²) in [6.45, 7) is 1.81. The van der Waals surface area contributed by atoms with Gasteiger partial charge in [-0.05, 0) is 18.6 Å². The molecule has 1 amide bonds. The van der Waals surface area contributed by atoms with Gasteiger partial charge >= 0.3 is 5.97 Å². The van der Waals surface area contributed by atoms with E-state index in [1.807, 2.05) is 25.1 Å². The van der Waals surface area contributed by atoms with Gasteiger partial charge in [0.05, 0.1) is 18.2 Å². The Balaban J connectivity index is 2.30. The molecule has 104 valence electrons. The summed E-state index contributed by atoms with van der Waals surface area (Å²) in [6, 6.07) is 8.42. The third kappa shape index (κ3) is 2.77. The summed E-state index contributed by atoms with van der Waals surface area (Å²) in [5.41, 5.74) is 1.07. The summed E-state index contributed by atoms with van der Waals surface area (Å²) in [5.74, 6) is -0.777. The zero-order chi connectivity index (χ0) is 14.5. The Hall–Kier alpha value is -2.43. The molecule has 2 rings (SSSR count). The lowest BCUT2D eigenvalue weighted by Gasteiger charge is -2.15. The molecular formula is C15H16N2O3. The molecule has 5 heteroatoms. The zero-order valence-electron chi connectivity index (χ0n) is 11.4. The number of hydrogen-bond donors (Lipinski definition) is 1. The minimum atomic E-state index is -0.647. The normalized spacial score (nSPS) is 11.9. The van der Waals surface area contributed by atoms with Crippen molar-refractivity contribution in [1.82, 2.24) is 10.3 Å². The van der Waals surface area contributed by atoms with E-state index in [-0.39, 0.29) is 5.91 Å². The largest absolute Gasteiger partial charge is 0.467 e. The van der Waals surface area contributed by atoms with Gasteiger partial charge < -0.3 is 10.1 Å². The van der Waals surface area contributed by atoms with Gasteiger partial charge in [-0.25, -0.2) is 4.79 Å². The standard InChI is InChI=1S/C15H16N2O3/c1-3-12(15(19)20-2)17-14(18)11-8-4-6-10-7-5-9-16-13(10)11/h4-9,12H,3H2,1-2H3,(H,17,18)/t12-/m0/s1. The molecule has 20 heavy (non-hydrogen) atoms. The quantitative estimate of drug-likeness (QED) is 0.863. The Bertz CT molecular complexity index is 635. The highest BCUT2D eigenvalue weighted by molar-refractivity contribution is 6.06. The van der Waals surface area contributed by atoms with E-state index >= 15 is 0 Å². The Kier molecular flexibility index (Phi) is 4.30. The lowest BCUT2D eigenvalue weighted by Crippen LogP contribution is -2.41. The number of para-hydroxylation sites is 1. The molecule has 0 radical (unpaired) electrons. The van der Waals surface area contributed by atoms with Gasteiger partial charge in [0.15, 0.2) is 0 Å². The third-order valence-electron chi connectivity index (χ3n) is 3.08. The van der Waals surface area contributed by atoms with Crippen LogP contribution in [0.1, 0.15) is 23.7 Å². The number of methoxy groups -OCH3 is 1. The Morgan fingerprint density at radius 2 is 2.05 bits per heavy atom. The number of benzene rings is 1. The molecule has 1 aromatic heterocycles. The number of amides is 1. The van der Waals surface area contributed by atoms with E-state index in [0.29, 0.717) is 17.5 Å². The molecule has 0 unspecified atom stereocenters. The number of nitrogens with one attached hydrogen (secondary N) is 1. The molecule has 0 aliphatic carbocycles. The summed E-state index contributed by atoms with van der Waals surface area (Å²) in [6.07, 6.45) is 2.10. The lowest BCUT2D eigenvalue weighted by molar-refractivity contribution is -0.142. The molecule has 0 spiro atoms. The number of carbonyl (C=O) groups is 2. The van der Waals surface area contributed by atoms with Crippen LogP contribution in [0, 0.1) is 0 Å². The maximum atomic E-state index is 12.3. The summed E-state index contributed by atoms with van der Waals surface area (Å²) < 4.78 is 4.66. The molecule has 0 bridgehead atoms. The molecule has 1 heterocycles. The van der Waals surface area contributed by atoms with Crippen LogP contribution in [0.2, 0.25) is 0 Å². The Labute approximate surface area is 117 Å².